The van der Waals surface area contributed by atoms with Gasteiger partial charge in [0, 0.05) is 32.7 Å². The van der Waals surface area contributed by atoms with E-state index in [2.05, 4.69) is 44.3 Å². The summed E-state index contributed by atoms with van der Waals surface area (Å²) in [6, 6.07) is 12.3. The Hall–Kier alpha value is -1.81. The molecular formula is C16H19ClN4. The summed E-state index contributed by atoms with van der Waals surface area (Å²) in [7, 11) is 2.05. The molecule has 0 aliphatic carbocycles. The van der Waals surface area contributed by atoms with E-state index in [4.69, 9.17) is 11.6 Å². The molecule has 1 fully saturated rings. The molecule has 0 spiro atoms. The zero-order valence-electron chi connectivity index (χ0n) is 12.2. The maximum atomic E-state index is 6.04. The Labute approximate surface area is 130 Å². The van der Waals surface area contributed by atoms with Crippen molar-refractivity contribution in [2.75, 3.05) is 29.9 Å². The van der Waals surface area contributed by atoms with Crippen LogP contribution in [0, 0.1) is 0 Å². The van der Waals surface area contributed by atoms with Crippen LogP contribution in [0.15, 0.2) is 36.4 Å². The van der Waals surface area contributed by atoms with E-state index in [-0.39, 0.29) is 0 Å². The average molecular weight is 303 g/mol. The van der Waals surface area contributed by atoms with Gasteiger partial charge in [0.2, 0.25) is 0 Å². The fraction of sp³-hybridized carbons (Fsp3) is 0.375. The molecule has 110 valence electrons. The average Bonchev–Trinajstić information content (AvgIpc) is 3.02. The van der Waals surface area contributed by atoms with Crippen molar-refractivity contribution in [1.29, 1.82) is 0 Å². The lowest BCUT2D eigenvalue weighted by molar-refractivity contribution is 0.848. The largest absolute Gasteiger partial charge is 0.368 e. The molecule has 0 amide bonds. The van der Waals surface area contributed by atoms with Crippen molar-refractivity contribution in [2.24, 2.45) is 0 Å². The normalized spacial score (nSPS) is 14.5. The highest BCUT2D eigenvalue weighted by Crippen LogP contribution is 2.31. The molecule has 0 N–H and O–H groups in total. The molecule has 1 aliphatic heterocycles. The minimum Gasteiger partial charge on any atom is -0.368 e. The second-order valence-corrected chi connectivity index (χ2v) is 5.80. The van der Waals surface area contributed by atoms with E-state index in [1.165, 1.54) is 18.4 Å². The van der Waals surface area contributed by atoms with Crippen LogP contribution in [-0.2, 0) is 6.54 Å². The number of benzene rings is 1. The number of aromatic nitrogens is 2. The van der Waals surface area contributed by atoms with Crippen molar-refractivity contribution in [3.8, 4) is 0 Å². The molecule has 0 bridgehead atoms. The van der Waals surface area contributed by atoms with Gasteiger partial charge >= 0.3 is 0 Å². The Kier molecular flexibility index (Phi) is 4.25. The molecule has 1 aromatic carbocycles. The topological polar surface area (TPSA) is 32.3 Å². The summed E-state index contributed by atoms with van der Waals surface area (Å²) in [5.41, 5.74) is 2.34. The van der Waals surface area contributed by atoms with Gasteiger partial charge in [-0.05, 0) is 18.4 Å². The summed E-state index contributed by atoms with van der Waals surface area (Å²) in [4.78, 5) is 4.48. The van der Waals surface area contributed by atoms with Crippen LogP contribution in [0.2, 0.25) is 5.15 Å². The van der Waals surface area contributed by atoms with Crippen LogP contribution in [-0.4, -0.2) is 30.3 Å². The van der Waals surface area contributed by atoms with Gasteiger partial charge in [0.15, 0.2) is 11.0 Å². The first-order chi connectivity index (χ1) is 10.2. The van der Waals surface area contributed by atoms with Crippen molar-refractivity contribution in [2.45, 2.75) is 19.4 Å². The minimum atomic E-state index is 0.453. The van der Waals surface area contributed by atoms with Crippen molar-refractivity contribution in [3.63, 3.8) is 0 Å². The van der Waals surface area contributed by atoms with Crippen LogP contribution in [0.1, 0.15) is 18.4 Å². The van der Waals surface area contributed by atoms with Crippen molar-refractivity contribution in [1.82, 2.24) is 10.2 Å². The Morgan fingerprint density at radius 3 is 2.57 bits per heavy atom. The van der Waals surface area contributed by atoms with E-state index in [0.29, 0.717) is 5.15 Å². The Morgan fingerprint density at radius 1 is 1.14 bits per heavy atom. The van der Waals surface area contributed by atoms with E-state index in [0.717, 1.165) is 31.1 Å². The van der Waals surface area contributed by atoms with Gasteiger partial charge in [0.25, 0.3) is 0 Å². The Morgan fingerprint density at radius 2 is 1.86 bits per heavy atom. The van der Waals surface area contributed by atoms with Gasteiger partial charge < -0.3 is 9.80 Å². The summed E-state index contributed by atoms with van der Waals surface area (Å²) in [6.07, 6.45) is 2.45. The van der Waals surface area contributed by atoms with Gasteiger partial charge in [0.05, 0.1) is 5.69 Å². The second kappa shape index (κ2) is 6.31. The van der Waals surface area contributed by atoms with Gasteiger partial charge in [-0.2, -0.15) is 0 Å². The van der Waals surface area contributed by atoms with Crippen molar-refractivity contribution >= 4 is 23.1 Å². The molecule has 0 radical (unpaired) electrons. The molecule has 0 atom stereocenters. The quantitative estimate of drug-likeness (QED) is 0.867. The number of nitrogens with zero attached hydrogens (tertiary/aromatic N) is 4. The highest BCUT2D eigenvalue weighted by molar-refractivity contribution is 6.29. The maximum Gasteiger partial charge on any atom is 0.175 e. The first kappa shape index (κ1) is 14.1. The molecule has 5 heteroatoms. The molecule has 4 nitrogen and oxygen atoms in total. The van der Waals surface area contributed by atoms with Crippen LogP contribution in [0.25, 0.3) is 0 Å². The Balaban J connectivity index is 1.86. The standard InChI is InChI=1S/C16H19ClN4/c1-20(12-13-7-3-2-4-8-13)16-14(11-15(17)18-19-16)21-9-5-6-10-21/h2-4,7-8,11H,5-6,9-10,12H2,1H3. The summed E-state index contributed by atoms with van der Waals surface area (Å²) < 4.78 is 0. The van der Waals surface area contributed by atoms with Gasteiger partial charge in [0.1, 0.15) is 0 Å². The minimum absolute atomic E-state index is 0.453. The predicted molar refractivity (Wildman–Crippen MR) is 87.0 cm³/mol. The van der Waals surface area contributed by atoms with Gasteiger partial charge in [-0.15, -0.1) is 10.2 Å². The van der Waals surface area contributed by atoms with E-state index in [1.54, 1.807) is 0 Å². The van der Waals surface area contributed by atoms with E-state index in [1.807, 2.05) is 19.2 Å². The zero-order chi connectivity index (χ0) is 14.7. The summed E-state index contributed by atoms with van der Waals surface area (Å²) in [5.74, 6) is 0.894. The first-order valence-electron chi connectivity index (χ1n) is 7.27. The summed E-state index contributed by atoms with van der Waals surface area (Å²) in [6.45, 7) is 2.93. The fourth-order valence-electron chi connectivity index (χ4n) is 2.75. The molecular weight excluding hydrogens is 284 g/mol. The van der Waals surface area contributed by atoms with Crippen molar-refractivity contribution in [3.05, 3.63) is 47.1 Å². The third-order valence-electron chi connectivity index (χ3n) is 3.80. The number of hydrogen-bond donors (Lipinski definition) is 0. The molecule has 0 saturated carbocycles. The molecule has 1 saturated heterocycles. The van der Waals surface area contributed by atoms with Crippen LogP contribution >= 0.6 is 11.6 Å². The highest BCUT2D eigenvalue weighted by Gasteiger charge is 2.20. The summed E-state index contributed by atoms with van der Waals surface area (Å²) >= 11 is 6.04. The van der Waals surface area contributed by atoms with Gasteiger partial charge in [-0.3, -0.25) is 0 Å². The van der Waals surface area contributed by atoms with E-state index < -0.39 is 0 Å². The van der Waals surface area contributed by atoms with Crippen LogP contribution in [0.3, 0.4) is 0 Å². The number of hydrogen-bond acceptors (Lipinski definition) is 4. The van der Waals surface area contributed by atoms with E-state index >= 15 is 0 Å². The lowest BCUT2D eigenvalue weighted by Gasteiger charge is -2.26. The first-order valence-corrected chi connectivity index (χ1v) is 7.65. The third kappa shape index (κ3) is 3.27. The lowest BCUT2D eigenvalue weighted by atomic mass is 10.2. The SMILES string of the molecule is CN(Cc1ccccc1)c1nnc(Cl)cc1N1CCCC1. The van der Waals surface area contributed by atoms with Crippen molar-refractivity contribution < 1.29 is 0 Å². The molecule has 21 heavy (non-hydrogen) atoms. The smallest absolute Gasteiger partial charge is 0.175 e. The monoisotopic (exact) mass is 302 g/mol. The van der Waals surface area contributed by atoms with E-state index in [9.17, 15) is 0 Å². The number of rotatable bonds is 4. The number of halogens is 1. The molecule has 0 unspecified atom stereocenters. The van der Waals surface area contributed by atoms with Crippen LogP contribution in [0.4, 0.5) is 11.5 Å². The van der Waals surface area contributed by atoms with Gasteiger partial charge in [-0.1, -0.05) is 41.9 Å². The van der Waals surface area contributed by atoms with Crippen LogP contribution < -0.4 is 9.80 Å². The Bertz CT molecular complexity index is 596. The zero-order valence-corrected chi connectivity index (χ0v) is 12.9. The summed E-state index contributed by atoms with van der Waals surface area (Å²) in [5, 5.41) is 8.79. The predicted octanol–water partition coefficient (Wildman–Crippen LogP) is 3.37. The van der Waals surface area contributed by atoms with Gasteiger partial charge in [-0.25, -0.2) is 0 Å². The third-order valence-corrected chi connectivity index (χ3v) is 3.98. The number of anilines is 2. The molecule has 2 aromatic rings. The lowest BCUT2D eigenvalue weighted by Crippen LogP contribution is -2.25. The molecule has 1 aliphatic rings. The molecule has 1 aromatic heterocycles. The molecule has 2 heterocycles. The maximum absolute atomic E-state index is 6.04. The fourth-order valence-corrected chi connectivity index (χ4v) is 2.89. The highest BCUT2D eigenvalue weighted by atomic mass is 35.5. The van der Waals surface area contributed by atoms with Crippen LogP contribution in [0.5, 0.6) is 0 Å². The second-order valence-electron chi connectivity index (χ2n) is 5.41. The molecule has 3 rings (SSSR count).